The van der Waals surface area contributed by atoms with Crippen LogP contribution in [0.5, 0.6) is 0 Å². The SMILES string of the molecule is CCCN(CCO)C(=O)c1cc(NC)ccn1. The number of aliphatic hydroxyl groups excluding tert-OH is 1. The molecule has 0 fully saturated rings. The van der Waals surface area contributed by atoms with Gasteiger partial charge in [0.2, 0.25) is 0 Å². The van der Waals surface area contributed by atoms with Gasteiger partial charge in [0.05, 0.1) is 6.61 Å². The van der Waals surface area contributed by atoms with Crippen LogP contribution < -0.4 is 5.32 Å². The molecule has 5 heteroatoms. The van der Waals surface area contributed by atoms with Crippen molar-refractivity contribution >= 4 is 11.6 Å². The van der Waals surface area contributed by atoms with Crippen molar-refractivity contribution in [3.05, 3.63) is 24.0 Å². The zero-order valence-electron chi connectivity index (χ0n) is 10.3. The lowest BCUT2D eigenvalue weighted by atomic mass is 10.2. The van der Waals surface area contributed by atoms with E-state index in [0.29, 0.717) is 18.8 Å². The molecule has 0 unspecified atom stereocenters. The summed E-state index contributed by atoms with van der Waals surface area (Å²) >= 11 is 0. The summed E-state index contributed by atoms with van der Waals surface area (Å²) in [4.78, 5) is 17.8. The van der Waals surface area contributed by atoms with E-state index in [-0.39, 0.29) is 12.5 Å². The van der Waals surface area contributed by atoms with Gasteiger partial charge in [0.1, 0.15) is 5.69 Å². The second-order valence-electron chi connectivity index (χ2n) is 3.70. The van der Waals surface area contributed by atoms with Gasteiger partial charge < -0.3 is 15.3 Å². The largest absolute Gasteiger partial charge is 0.395 e. The number of nitrogens with zero attached hydrogens (tertiary/aromatic N) is 2. The van der Waals surface area contributed by atoms with E-state index in [2.05, 4.69) is 10.3 Å². The highest BCUT2D eigenvalue weighted by Crippen LogP contribution is 2.09. The predicted molar refractivity (Wildman–Crippen MR) is 67.1 cm³/mol. The maximum absolute atomic E-state index is 12.1. The normalized spacial score (nSPS) is 10.1. The molecule has 1 aromatic heterocycles. The molecule has 0 aliphatic carbocycles. The van der Waals surface area contributed by atoms with Crippen LogP contribution in [0.25, 0.3) is 0 Å². The second-order valence-corrected chi connectivity index (χ2v) is 3.70. The standard InChI is InChI=1S/C12H19N3O2/c1-3-6-15(7-8-16)12(17)11-9-10(13-2)4-5-14-11/h4-5,9,16H,3,6-8H2,1-2H3,(H,13,14). The van der Waals surface area contributed by atoms with Gasteiger partial charge in [0, 0.05) is 32.0 Å². The molecule has 1 aromatic rings. The number of aromatic nitrogens is 1. The van der Waals surface area contributed by atoms with E-state index in [0.717, 1.165) is 12.1 Å². The maximum Gasteiger partial charge on any atom is 0.272 e. The number of hydrogen-bond acceptors (Lipinski definition) is 4. The lowest BCUT2D eigenvalue weighted by molar-refractivity contribution is 0.0716. The van der Waals surface area contributed by atoms with Gasteiger partial charge in [-0.25, -0.2) is 0 Å². The van der Waals surface area contributed by atoms with Crippen LogP contribution >= 0.6 is 0 Å². The molecular weight excluding hydrogens is 218 g/mol. The Morgan fingerprint density at radius 2 is 2.29 bits per heavy atom. The monoisotopic (exact) mass is 237 g/mol. The van der Waals surface area contributed by atoms with Gasteiger partial charge in [-0.05, 0) is 18.6 Å². The summed E-state index contributed by atoms with van der Waals surface area (Å²) in [7, 11) is 1.79. The molecule has 0 radical (unpaired) electrons. The van der Waals surface area contributed by atoms with Crippen LogP contribution in [0.1, 0.15) is 23.8 Å². The van der Waals surface area contributed by atoms with E-state index in [1.54, 1.807) is 30.3 Å². The van der Waals surface area contributed by atoms with Crippen LogP contribution in [0.3, 0.4) is 0 Å². The molecule has 0 saturated heterocycles. The minimum atomic E-state index is -0.141. The number of pyridine rings is 1. The van der Waals surface area contributed by atoms with Gasteiger partial charge in [-0.3, -0.25) is 9.78 Å². The summed E-state index contributed by atoms with van der Waals surface area (Å²) in [5.41, 5.74) is 1.25. The summed E-state index contributed by atoms with van der Waals surface area (Å²) in [6.45, 7) is 2.94. The van der Waals surface area contributed by atoms with Gasteiger partial charge in [0.15, 0.2) is 0 Å². The van der Waals surface area contributed by atoms with Crippen molar-refractivity contribution in [1.82, 2.24) is 9.88 Å². The Morgan fingerprint density at radius 3 is 2.88 bits per heavy atom. The lowest BCUT2D eigenvalue weighted by Gasteiger charge is -2.20. The molecule has 0 spiro atoms. The van der Waals surface area contributed by atoms with Crippen molar-refractivity contribution in [3.63, 3.8) is 0 Å². The van der Waals surface area contributed by atoms with Gasteiger partial charge in [-0.1, -0.05) is 6.92 Å². The van der Waals surface area contributed by atoms with Crippen LogP contribution in [-0.2, 0) is 0 Å². The topological polar surface area (TPSA) is 65.5 Å². The fraction of sp³-hybridized carbons (Fsp3) is 0.500. The highest BCUT2D eigenvalue weighted by molar-refractivity contribution is 5.93. The van der Waals surface area contributed by atoms with Gasteiger partial charge in [0.25, 0.3) is 5.91 Å². The second kappa shape index (κ2) is 6.85. The average molecular weight is 237 g/mol. The first-order valence-electron chi connectivity index (χ1n) is 5.76. The van der Waals surface area contributed by atoms with Crippen molar-refractivity contribution in [3.8, 4) is 0 Å². The molecule has 0 atom stereocenters. The molecule has 94 valence electrons. The van der Waals surface area contributed by atoms with Gasteiger partial charge in [-0.15, -0.1) is 0 Å². The van der Waals surface area contributed by atoms with Crippen molar-refractivity contribution in [2.24, 2.45) is 0 Å². The Hall–Kier alpha value is -1.62. The molecule has 0 aliphatic heterocycles. The van der Waals surface area contributed by atoms with Crippen molar-refractivity contribution in [2.45, 2.75) is 13.3 Å². The minimum absolute atomic E-state index is 0.0303. The third-order valence-electron chi connectivity index (χ3n) is 2.42. The Kier molecular flexibility index (Phi) is 5.42. The lowest BCUT2D eigenvalue weighted by Crippen LogP contribution is -2.34. The number of aliphatic hydroxyl groups is 1. The number of rotatable bonds is 6. The molecule has 0 bridgehead atoms. The molecule has 0 aromatic carbocycles. The highest BCUT2D eigenvalue weighted by atomic mass is 16.3. The van der Waals surface area contributed by atoms with Gasteiger partial charge in [-0.2, -0.15) is 0 Å². The smallest absolute Gasteiger partial charge is 0.272 e. The third-order valence-corrected chi connectivity index (χ3v) is 2.42. The predicted octanol–water partition coefficient (Wildman–Crippen LogP) is 0.968. The molecule has 1 rings (SSSR count). The first kappa shape index (κ1) is 13.4. The summed E-state index contributed by atoms with van der Waals surface area (Å²) in [5.74, 6) is -0.141. The van der Waals surface area contributed by atoms with Crippen molar-refractivity contribution in [2.75, 3.05) is 32.1 Å². The summed E-state index contributed by atoms with van der Waals surface area (Å²) < 4.78 is 0. The third kappa shape index (κ3) is 3.71. The Morgan fingerprint density at radius 1 is 1.53 bits per heavy atom. The maximum atomic E-state index is 12.1. The van der Waals surface area contributed by atoms with Gasteiger partial charge >= 0.3 is 0 Å². The number of nitrogens with one attached hydrogen (secondary N) is 1. The zero-order chi connectivity index (χ0) is 12.7. The molecule has 5 nitrogen and oxygen atoms in total. The van der Waals surface area contributed by atoms with Crippen LogP contribution in [0.4, 0.5) is 5.69 Å². The van der Waals surface area contributed by atoms with E-state index >= 15 is 0 Å². The quantitative estimate of drug-likeness (QED) is 0.773. The van der Waals surface area contributed by atoms with E-state index in [9.17, 15) is 4.79 Å². The van der Waals surface area contributed by atoms with Crippen molar-refractivity contribution < 1.29 is 9.90 Å². The fourth-order valence-corrected chi connectivity index (χ4v) is 1.57. The number of amides is 1. The van der Waals surface area contributed by atoms with Crippen LogP contribution in [0.2, 0.25) is 0 Å². The van der Waals surface area contributed by atoms with Crippen molar-refractivity contribution in [1.29, 1.82) is 0 Å². The molecule has 17 heavy (non-hydrogen) atoms. The molecular formula is C12H19N3O2. The summed E-state index contributed by atoms with van der Waals surface area (Å²) in [5, 5.41) is 11.9. The van der Waals surface area contributed by atoms with E-state index in [1.165, 1.54) is 0 Å². The molecule has 1 amide bonds. The highest BCUT2D eigenvalue weighted by Gasteiger charge is 2.15. The summed E-state index contributed by atoms with van der Waals surface area (Å²) in [6.07, 6.45) is 2.46. The van der Waals surface area contributed by atoms with E-state index < -0.39 is 0 Å². The van der Waals surface area contributed by atoms with Crippen LogP contribution in [0, 0.1) is 0 Å². The zero-order valence-corrected chi connectivity index (χ0v) is 10.3. The average Bonchev–Trinajstić information content (AvgIpc) is 2.38. The molecule has 2 N–H and O–H groups in total. The Bertz CT molecular complexity index is 363. The van der Waals surface area contributed by atoms with E-state index in [1.807, 2.05) is 6.92 Å². The Labute approximate surface area is 101 Å². The number of carbonyl (C=O) groups excluding carboxylic acids is 1. The first-order chi connectivity index (χ1) is 8.22. The number of anilines is 1. The van der Waals surface area contributed by atoms with E-state index in [4.69, 9.17) is 5.11 Å². The number of carbonyl (C=O) groups is 1. The minimum Gasteiger partial charge on any atom is -0.395 e. The van der Waals surface area contributed by atoms with Crippen LogP contribution in [0.15, 0.2) is 18.3 Å². The fourth-order valence-electron chi connectivity index (χ4n) is 1.57. The Balaban J connectivity index is 2.84. The molecule has 1 heterocycles. The molecule has 0 saturated carbocycles. The molecule has 0 aliphatic rings. The first-order valence-corrected chi connectivity index (χ1v) is 5.76. The summed E-state index contributed by atoms with van der Waals surface area (Å²) in [6, 6.07) is 3.51. The van der Waals surface area contributed by atoms with Crippen LogP contribution in [-0.4, -0.2) is 47.6 Å². The number of hydrogen-bond donors (Lipinski definition) is 2.